The first-order valence-corrected chi connectivity index (χ1v) is 3.61. The van der Waals surface area contributed by atoms with Crippen molar-refractivity contribution >= 4 is 11.8 Å². The Morgan fingerprint density at radius 1 is 1.67 bits per heavy atom. The predicted octanol–water partition coefficient (Wildman–Crippen LogP) is 0.241. The fraction of sp³-hybridized carbons (Fsp3) is 0.500. The summed E-state index contributed by atoms with van der Waals surface area (Å²) in [5.41, 5.74) is 0. The Balaban J connectivity index is 2.49. The van der Waals surface area contributed by atoms with Crippen LogP contribution in [0.25, 0.3) is 0 Å². The minimum atomic E-state index is -0.407. The lowest BCUT2D eigenvalue weighted by atomic mass is 10.6. The molecule has 0 aliphatic carbocycles. The van der Waals surface area contributed by atoms with Crippen LogP contribution in [0, 0.1) is 10.1 Å². The molecule has 6 heteroatoms. The standard InChI is InChI=1S/C6H8N4O2/c1-8-2-3-9-5(10(11)12)4-7-6(8)9/h4H,2-3H2,1H3. The molecular formula is C6H8N4O2. The summed E-state index contributed by atoms with van der Waals surface area (Å²) < 4.78 is 1.61. The predicted molar refractivity (Wildman–Crippen MR) is 42.2 cm³/mol. The first kappa shape index (κ1) is 7.08. The van der Waals surface area contributed by atoms with Crippen LogP contribution in [-0.4, -0.2) is 28.1 Å². The largest absolute Gasteiger partial charge is 0.358 e. The fourth-order valence-corrected chi connectivity index (χ4v) is 1.37. The Bertz CT molecular complexity index is 332. The number of nitrogens with zero attached hydrogens (tertiary/aromatic N) is 4. The fourth-order valence-electron chi connectivity index (χ4n) is 1.37. The molecule has 0 N–H and O–H groups in total. The van der Waals surface area contributed by atoms with E-state index in [1.54, 1.807) is 4.57 Å². The third kappa shape index (κ3) is 0.775. The Kier molecular flexibility index (Phi) is 1.30. The molecule has 0 amide bonds. The van der Waals surface area contributed by atoms with Gasteiger partial charge in [-0.15, -0.1) is 0 Å². The van der Waals surface area contributed by atoms with E-state index in [-0.39, 0.29) is 5.82 Å². The second-order valence-electron chi connectivity index (χ2n) is 2.75. The zero-order chi connectivity index (χ0) is 8.72. The lowest BCUT2D eigenvalue weighted by molar-refractivity contribution is -0.391. The second kappa shape index (κ2) is 2.20. The van der Waals surface area contributed by atoms with Gasteiger partial charge in [0.1, 0.15) is 12.7 Å². The SMILES string of the molecule is CN1CCn2c([N+](=O)[O-])cnc21. The summed E-state index contributed by atoms with van der Waals surface area (Å²) in [5, 5.41) is 10.5. The third-order valence-corrected chi connectivity index (χ3v) is 2.00. The molecule has 0 bridgehead atoms. The summed E-state index contributed by atoms with van der Waals surface area (Å²) >= 11 is 0. The van der Waals surface area contributed by atoms with E-state index < -0.39 is 4.92 Å². The van der Waals surface area contributed by atoms with E-state index in [1.807, 2.05) is 11.9 Å². The molecule has 12 heavy (non-hydrogen) atoms. The maximum Gasteiger partial charge on any atom is 0.344 e. The van der Waals surface area contributed by atoms with Gasteiger partial charge < -0.3 is 15.0 Å². The smallest absolute Gasteiger partial charge is 0.344 e. The summed E-state index contributed by atoms with van der Waals surface area (Å²) in [6, 6.07) is 0. The monoisotopic (exact) mass is 168 g/mol. The van der Waals surface area contributed by atoms with E-state index in [0.717, 1.165) is 6.54 Å². The van der Waals surface area contributed by atoms with Gasteiger partial charge in [0.25, 0.3) is 5.95 Å². The summed E-state index contributed by atoms with van der Waals surface area (Å²) in [4.78, 5) is 15.9. The Hall–Kier alpha value is -1.59. The average molecular weight is 168 g/mol. The molecule has 0 saturated carbocycles. The van der Waals surface area contributed by atoms with E-state index in [2.05, 4.69) is 4.98 Å². The molecule has 0 spiro atoms. The molecule has 0 aromatic carbocycles. The number of imidazole rings is 1. The van der Waals surface area contributed by atoms with Gasteiger partial charge in [-0.1, -0.05) is 0 Å². The van der Waals surface area contributed by atoms with Gasteiger partial charge in [0, 0.05) is 7.05 Å². The number of hydrogen-bond donors (Lipinski definition) is 0. The summed E-state index contributed by atoms with van der Waals surface area (Å²) in [6.07, 6.45) is 1.30. The molecule has 2 heterocycles. The van der Waals surface area contributed by atoms with Crippen LogP contribution in [0.4, 0.5) is 11.8 Å². The van der Waals surface area contributed by atoms with Crippen LogP contribution in [0.2, 0.25) is 0 Å². The molecule has 0 unspecified atom stereocenters. The zero-order valence-corrected chi connectivity index (χ0v) is 6.60. The molecule has 0 fully saturated rings. The number of fused-ring (bicyclic) bond motifs is 1. The van der Waals surface area contributed by atoms with Gasteiger partial charge in [-0.2, -0.15) is 9.55 Å². The normalized spacial score (nSPS) is 14.9. The second-order valence-corrected chi connectivity index (χ2v) is 2.75. The minimum Gasteiger partial charge on any atom is -0.358 e. The van der Waals surface area contributed by atoms with Crippen LogP contribution in [0.15, 0.2) is 6.20 Å². The molecule has 1 aromatic rings. The van der Waals surface area contributed by atoms with E-state index >= 15 is 0 Å². The van der Waals surface area contributed by atoms with Crippen LogP contribution in [-0.2, 0) is 6.54 Å². The van der Waals surface area contributed by atoms with Crippen molar-refractivity contribution in [3.8, 4) is 0 Å². The minimum absolute atomic E-state index is 0.0781. The zero-order valence-electron chi connectivity index (χ0n) is 6.60. The highest BCUT2D eigenvalue weighted by atomic mass is 16.6. The molecule has 6 nitrogen and oxygen atoms in total. The van der Waals surface area contributed by atoms with Crippen molar-refractivity contribution in [1.82, 2.24) is 9.55 Å². The van der Waals surface area contributed by atoms with E-state index in [1.165, 1.54) is 6.20 Å². The lowest BCUT2D eigenvalue weighted by Crippen LogP contribution is -2.13. The number of likely N-dealkylation sites (N-methyl/N-ethyl adjacent to an activating group) is 1. The molecule has 0 radical (unpaired) electrons. The molecule has 1 aliphatic rings. The summed E-state index contributed by atoms with van der Waals surface area (Å²) in [5.74, 6) is 0.760. The van der Waals surface area contributed by atoms with Crippen LogP contribution in [0.3, 0.4) is 0 Å². The lowest BCUT2D eigenvalue weighted by Gasteiger charge is -2.01. The highest BCUT2D eigenvalue weighted by Gasteiger charge is 2.28. The van der Waals surface area contributed by atoms with Crippen LogP contribution in [0.1, 0.15) is 0 Å². The van der Waals surface area contributed by atoms with Crippen molar-refractivity contribution in [2.75, 3.05) is 18.5 Å². The van der Waals surface area contributed by atoms with Crippen molar-refractivity contribution in [3.05, 3.63) is 16.3 Å². The number of rotatable bonds is 1. The van der Waals surface area contributed by atoms with Gasteiger partial charge in [0.05, 0.1) is 6.54 Å². The number of hydrogen-bond acceptors (Lipinski definition) is 4. The Morgan fingerprint density at radius 2 is 2.42 bits per heavy atom. The van der Waals surface area contributed by atoms with Gasteiger partial charge in [-0.25, -0.2) is 0 Å². The van der Waals surface area contributed by atoms with Gasteiger partial charge in [0.2, 0.25) is 0 Å². The van der Waals surface area contributed by atoms with Crippen molar-refractivity contribution < 1.29 is 4.92 Å². The van der Waals surface area contributed by atoms with Crippen molar-refractivity contribution in [1.29, 1.82) is 0 Å². The van der Waals surface area contributed by atoms with E-state index in [9.17, 15) is 10.1 Å². The molecule has 0 saturated heterocycles. The number of aromatic nitrogens is 2. The van der Waals surface area contributed by atoms with E-state index in [4.69, 9.17) is 0 Å². The van der Waals surface area contributed by atoms with Gasteiger partial charge in [0.15, 0.2) is 0 Å². The van der Waals surface area contributed by atoms with Gasteiger partial charge in [-0.3, -0.25) is 0 Å². The molecule has 0 atom stereocenters. The molecule has 64 valence electrons. The number of nitro groups is 1. The molecule has 2 rings (SSSR count). The van der Waals surface area contributed by atoms with Gasteiger partial charge >= 0.3 is 5.82 Å². The van der Waals surface area contributed by atoms with Crippen LogP contribution >= 0.6 is 0 Å². The topological polar surface area (TPSA) is 64.2 Å². The third-order valence-electron chi connectivity index (χ3n) is 2.00. The Morgan fingerprint density at radius 3 is 3.08 bits per heavy atom. The maximum atomic E-state index is 10.5. The van der Waals surface area contributed by atoms with E-state index in [0.29, 0.717) is 12.5 Å². The summed E-state index contributed by atoms with van der Waals surface area (Å²) in [7, 11) is 1.87. The quantitative estimate of drug-likeness (QED) is 0.445. The van der Waals surface area contributed by atoms with Crippen LogP contribution in [0.5, 0.6) is 0 Å². The van der Waals surface area contributed by atoms with Crippen molar-refractivity contribution in [2.24, 2.45) is 0 Å². The van der Waals surface area contributed by atoms with Crippen molar-refractivity contribution in [3.63, 3.8) is 0 Å². The number of anilines is 1. The van der Waals surface area contributed by atoms with Gasteiger partial charge in [-0.05, 0) is 4.92 Å². The highest BCUT2D eigenvalue weighted by molar-refractivity contribution is 5.41. The average Bonchev–Trinajstić information content (AvgIpc) is 2.53. The summed E-state index contributed by atoms with van der Waals surface area (Å²) in [6.45, 7) is 1.45. The first-order valence-electron chi connectivity index (χ1n) is 3.61. The molecular weight excluding hydrogens is 160 g/mol. The molecule has 1 aliphatic heterocycles. The highest BCUT2D eigenvalue weighted by Crippen LogP contribution is 2.24. The van der Waals surface area contributed by atoms with Crippen molar-refractivity contribution in [2.45, 2.75) is 6.54 Å². The Labute approximate surface area is 68.6 Å². The van der Waals surface area contributed by atoms with Crippen LogP contribution < -0.4 is 4.90 Å². The first-order chi connectivity index (χ1) is 5.70. The maximum absolute atomic E-state index is 10.5. The molecule has 1 aromatic heterocycles.